The molecule has 134 valence electrons. The van der Waals surface area contributed by atoms with Crippen LogP contribution in [0.3, 0.4) is 0 Å². The van der Waals surface area contributed by atoms with Gasteiger partial charge in [-0.25, -0.2) is 0 Å². The predicted molar refractivity (Wildman–Crippen MR) is 95.0 cm³/mol. The van der Waals surface area contributed by atoms with E-state index in [1.165, 1.54) is 19.3 Å². The van der Waals surface area contributed by atoms with Gasteiger partial charge in [-0.05, 0) is 61.2 Å². The van der Waals surface area contributed by atoms with Gasteiger partial charge in [0.15, 0.2) is 0 Å². The summed E-state index contributed by atoms with van der Waals surface area (Å²) in [6.45, 7) is 2.11. The number of hydrogen-bond donors (Lipinski definition) is 1. The van der Waals surface area contributed by atoms with Gasteiger partial charge in [-0.1, -0.05) is 30.3 Å². The van der Waals surface area contributed by atoms with Gasteiger partial charge in [-0.3, -0.25) is 4.90 Å². The van der Waals surface area contributed by atoms with Crippen LogP contribution in [-0.4, -0.2) is 37.7 Å². The largest absolute Gasteiger partial charge is 0.434 e. The third-order valence-corrected chi connectivity index (χ3v) is 5.78. The topological polar surface area (TPSA) is 24.5 Å². The van der Waals surface area contributed by atoms with Crippen LogP contribution in [0.4, 0.5) is 8.78 Å². The summed E-state index contributed by atoms with van der Waals surface area (Å²) in [5.74, 6) is 0.306. The van der Waals surface area contributed by atoms with E-state index in [0.29, 0.717) is 17.7 Å². The summed E-state index contributed by atoms with van der Waals surface area (Å²) in [6.07, 6.45) is 3.61. The summed E-state index contributed by atoms with van der Waals surface area (Å²) in [7, 11) is 0. The predicted octanol–water partition coefficient (Wildman–Crippen LogP) is 4.02. The number of nitrogens with zero attached hydrogens (tertiary/aromatic N) is 1. The van der Waals surface area contributed by atoms with Gasteiger partial charge in [-0.15, -0.1) is 0 Å². The number of likely N-dealkylation sites (tertiary alicyclic amines) is 1. The zero-order valence-corrected chi connectivity index (χ0v) is 14.3. The Morgan fingerprint density at radius 2 is 1.88 bits per heavy atom. The SMILES string of the molecule is FC(F)Oc1ccc2ccccc2c1CN1CCC2(CCNCC2)C1. The number of halogens is 2. The van der Waals surface area contributed by atoms with Gasteiger partial charge in [-0.2, -0.15) is 8.78 Å². The van der Waals surface area contributed by atoms with E-state index in [2.05, 4.69) is 10.2 Å². The van der Waals surface area contributed by atoms with Gasteiger partial charge in [0, 0.05) is 18.7 Å². The fourth-order valence-corrected chi connectivity index (χ4v) is 4.44. The van der Waals surface area contributed by atoms with Crippen molar-refractivity contribution in [1.82, 2.24) is 10.2 Å². The van der Waals surface area contributed by atoms with Crippen LogP contribution in [0.5, 0.6) is 5.75 Å². The van der Waals surface area contributed by atoms with Crippen LogP contribution in [0.2, 0.25) is 0 Å². The molecule has 2 aliphatic rings. The van der Waals surface area contributed by atoms with Gasteiger partial charge in [0.05, 0.1) is 0 Å². The lowest BCUT2D eigenvalue weighted by atomic mass is 9.78. The summed E-state index contributed by atoms with van der Waals surface area (Å²) in [5.41, 5.74) is 1.28. The summed E-state index contributed by atoms with van der Waals surface area (Å²) in [6, 6.07) is 11.5. The smallest absolute Gasteiger partial charge is 0.387 e. The summed E-state index contributed by atoms with van der Waals surface area (Å²) >= 11 is 0. The molecule has 2 aromatic carbocycles. The van der Waals surface area contributed by atoms with Gasteiger partial charge in [0.2, 0.25) is 0 Å². The Bertz CT molecular complexity index is 744. The molecule has 0 amide bonds. The van der Waals surface area contributed by atoms with Crippen LogP contribution >= 0.6 is 0 Å². The number of alkyl halides is 2. The van der Waals surface area contributed by atoms with Crippen molar-refractivity contribution < 1.29 is 13.5 Å². The van der Waals surface area contributed by atoms with Crippen LogP contribution in [0.15, 0.2) is 36.4 Å². The van der Waals surface area contributed by atoms with Crippen molar-refractivity contribution >= 4 is 10.8 Å². The Morgan fingerprint density at radius 3 is 2.68 bits per heavy atom. The van der Waals surface area contributed by atoms with Crippen molar-refractivity contribution in [3.05, 3.63) is 42.0 Å². The van der Waals surface area contributed by atoms with E-state index in [-0.39, 0.29) is 0 Å². The summed E-state index contributed by atoms with van der Waals surface area (Å²) in [5, 5.41) is 5.50. The van der Waals surface area contributed by atoms with Crippen LogP contribution in [0, 0.1) is 5.41 Å². The Kier molecular flexibility index (Phi) is 4.61. The highest BCUT2D eigenvalue weighted by atomic mass is 19.3. The molecule has 25 heavy (non-hydrogen) atoms. The van der Waals surface area contributed by atoms with Crippen LogP contribution in [0.1, 0.15) is 24.8 Å². The van der Waals surface area contributed by atoms with Crippen molar-refractivity contribution in [3.63, 3.8) is 0 Å². The lowest BCUT2D eigenvalue weighted by Gasteiger charge is -2.34. The molecule has 2 saturated heterocycles. The second-order valence-electron chi connectivity index (χ2n) is 7.35. The molecular formula is C20H24F2N2O. The van der Waals surface area contributed by atoms with Crippen molar-refractivity contribution in [2.75, 3.05) is 26.2 Å². The molecule has 5 heteroatoms. The van der Waals surface area contributed by atoms with E-state index in [4.69, 9.17) is 4.74 Å². The van der Waals surface area contributed by atoms with Crippen molar-refractivity contribution in [1.29, 1.82) is 0 Å². The van der Waals surface area contributed by atoms with Gasteiger partial charge in [0.1, 0.15) is 5.75 Å². The molecule has 0 unspecified atom stereocenters. The average Bonchev–Trinajstić information content (AvgIpc) is 2.99. The summed E-state index contributed by atoms with van der Waals surface area (Å²) < 4.78 is 30.5. The molecule has 2 aliphatic heterocycles. The van der Waals surface area contributed by atoms with E-state index < -0.39 is 6.61 Å². The maximum atomic E-state index is 12.9. The highest BCUT2D eigenvalue weighted by Crippen LogP contribution is 2.40. The third-order valence-electron chi connectivity index (χ3n) is 5.78. The van der Waals surface area contributed by atoms with E-state index in [1.807, 2.05) is 30.3 Å². The molecule has 2 heterocycles. The molecule has 0 atom stereocenters. The zero-order chi connectivity index (χ0) is 17.3. The normalized spacial score (nSPS) is 20.6. The van der Waals surface area contributed by atoms with Gasteiger partial charge in [0.25, 0.3) is 0 Å². The summed E-state index contributed by atoms with van der Waals surface area (Å²) in [4.78, 5) is 2.41. The number of hydrogen-bond acceptors (Lipinski definition) is 3. The van der Waals surface area contributed by atoms with E-state index in [0.717, 1.165) is 42.5 Å². The van der Waals surface area contributed by atoms with E-state index in [9.17, 15) is 8.78 Å². The highest BCUT2D eigenvalue weighted by Gasteiger charge is 2.38. The van der Waals surface area contributed by atoms with Crippen LogP contribution in [0.25, 0.3) is 10.8 Å². The van der Waals surface area contributed by atoms with E-state index in [1.54, 1.807) is 6.07 Å². The number of benzene rings is 2. The minimum Gasteiger partial charge on any atom is -0.434 e. The molecule has 0 bridgehead atoms. The molecule has 0 aliphatic carbocycles. The molecular weight excluding hydrogens is 322 g/mol. The Morgan fingerprint density at radius 1 is 1.08 bits per heavy atom. The highest BCUT2D eigenvalue weighted by molar-refractivity contribution is 5.87. The van der Waals surface area contributed by atoms with Crippen molar-refractivity contribution in [3.8, 4) is 5.75 Å². The van der Waals surface area contributed by atoms with Crippen LogP contribution < -0.4 is 10.1 Å². The first-order valence-electron chi connectivity index (χ1n) is 9.04. The average molecular weight is 346 g/mol. The fraction of sp³-hybridized carbons (Fsp3) is 0.500. The monoisotopic (exact) mass is 346 g/mol. The number of piperidine rings is 1. The number of fused-ring (bicyclic) bond motifs is 1. The Balaban J connectivity index is 1.61. The molecule has 3 nitrogen and oxygen atoms in total. The van der Waals surface area contributed by atoms with Crippen LogP contribution in [-0.2, 0) is 6.54 Å². The Hall–Kier alpha value is -1.72. The second kappa shape index (κ2) is 6.89. The van der Waals surface area contributed by atoms with Crippen molar-refractivity contribution in [2.24, 2.45) is 5.41 Å². The van der Waals surface area contributed by atoms with Crippen molar-refractivity contribution in [2.45, 2.75) is 32.4 Å². The van der Waals surface area contributed by atoms with Gasteiger partial charge >= 0.3 is 6.61 Å². The lowest BCUT2D eigenvalue weighted by Crippen LogP contribution is -2.38. The first kappa shape index (κ1) is 16.7. The maximum absolute atomic E-state index is 12.9. The molecule has 1 N–H and O–H groups in total. The maximum Gasteiger partial charge on any atom is 0.387 e. The third kappa shape index (κ3) is 3.48. The molecule has 4 rings (SSSR count). The first-order valence-corrected chi connectivity index (χ1v) is 9.04. The molecule has 0 saturated carbocycles. The molecule has 0 aromatic heterocycles. The molecule has 1 spiro atoms. The Labute approximate surface area is 147 Å². The number of rotatable bonds is 4. The quantitative estimate of drug-likeness (QED) is 0.905. The molecule has 2 aromatic rings. The molecule has 2 fully saturated rings. The number of nitrogens with one attached hydrogen (secondary N) is 1. The fourth-order valence-electron chi connectivity index (χ4n) is 4.44. The molecule has 0 radical (unpaired) electrons. The minimum atomic E-state index is -2.80. The number of ether oxygens (including phenoxy) is 1. The van der Waals surface area contributed by atoms with E-state index >= 15 is 0 Å². The van der Waals surface area contributed by atoms with Gasteiger partial charge < -0.3 is 10.1 Å². The standard InChI is InChI=1S/C20H24F2N2O/c21-19(22)25-18-6-5-15-3-1-2-4-16(15)17(18)13-24-12-9-20(14-24)7-10-23-11-8-20/h1-6,19,23H,7-14H2. The first-order chi connectivity index (χ1) is 12.2. The zero-order valence-electron chi connectivity index (χ0n) is 14.3. The lowest BCUT2D eigenvalue weighted by molar-refractivity contribution is -0.0506. The minimum absolute atomic E-state index is 0.306. The second-order valence-corrected chi connectivity index (χ2v) is 7.35.